The Morgan fingerprint density at radius 3 is 2.38 bits per heavy atom. The lowest BCUT2D eigenvalue weighted by Crippen LogP contribution is -2.32. The van der Waals surface area contributed by atoms with E-state index in [1.807, 2.05) is 0 Å². The Hall–Kier alpha value is -1.03. The van der Waals surface area contributed by atoms with Gasteiger partial charge in [0, 0.05) is 26.4 Å². The van der Waals surface area contributed by atoms with Gasteiger partial charge in [-0.2, -0.15) is 4.31 Å². The first-order chi connectivity index (χ1) is 9.58. The molecular weight excluding hydrogens is 319 g/mol. The van der Waals surface area contributed by atoms with Crippen LogP contribution in [0.4, 0.5) is 4.39 Å². The zero-order chi connectivity index (χ0) is 16.3. The summed E-state index contributed by atoms with van der Waals surface area (Å²) in [4.78, 5) is -0.453. The van der Waals surface area contributed by atoms with Gasteiger partial charge in [-0.3, -0.25) is 0 Å². The van der Waals surface area contributed by atoms with Crippen LogP contribution in [0, 0.1) is 5.82 Å². The lowest BCUT2D eigenvalue weighted by Gasteiger charge is -2.17. The number of nitrogens with one attached hydrogen (secondary N) is 1. The van der Waals surface area contributed by atoms with E-state index in [-0.39, 0.29) is 12.3 Å². The van der Waals surface area contributed by atoms with E-state index < -0.39 is 30.6 Å². The minimum Gasteiger partial charge on any atom is -0.316 e. The number of sulfone groups is 1. The fourth-order valence-corrected chi connectivity index (χ4v) is 3.65. The molecule has 0 amide bonds. The van der Waals surface area contributed by atoms with Crippen LogP contribution in [0.5, 0.6) is 0 Å². The molecule has 0 saturated heterocycles. The van der Waals surface area contributed by atoms with Gasteiger partial charge in [-0.25, -0.2) is 21.2 Å². The molecule has 0 aliphatic heterocycles. The number of hydrogen-bond donors (Lipinski definition) is 1. The average molecular weight is 338 g/mol. The van der Waals surface area contributed by atoms with Gasteiger partial charge in [-0.15, -0.1) is 0 Å². The second kappa shape index (κ2) is 6.82. The molecule has 0 bridgehead atoms. The van der Waals surface area contributed by atoms with Crippen molar-refractivity contribution in [2.24, 2.45) is 0 Å². The van der Waals surface area contributed by atoms with Crippen LogP contribution in [0.15, 0.2) is 23.1 Å². The maximum Gasteiger partial charge on any atom is 0.245 e. The van der Waals surface area contributed by atoms with Crippen molar-refractivity contribution in [3.63, 3.8) is 0 Å². The second-order valence-corrected chi connectivity index (χ2v) is 9.02. The molecule has 21 heavy (non-hydrogen) atoms. The van der Waals surface area contributed by atoms with Crippen LogP contribution in [-0.4, -0.2) is 53.8 Å². The molecule has 9 heteroatoms. The molecule has 0 saturated carbocycles. The van der Waals surface area contributed by atoms with Crippen molar-refractivity contribution >= 4 is 19.9 Å². The third-order valence-corrected chi connectivity index (χ3v) is 5.64. The molecule has 0 heterocycles. The van der Waals surface area contributed by atoms with Crippen molar-refractivity contribution < 1.29 is 21.2 Å². The summed E-state index contributed by atoms with van der Waals surface area (Å²) < 4.78 is 61.4. The molecule has 1 aromatic carbocycles. The normalized spacial score (nSPS) is 12.8. The van der Waals surface area contributed by atoms with Crippen LogP contribution in [0.25, 0.3) is 0 Å². The van der Waals surface area contributed by atoms with Gasteiger partial charge >= 0.3 is 0 Å². The largest absolute Gasteiger partial charge is 0.316 e. The summed E-state index contributed by atoms with van der Waals surface area (Å²) in [5.74, 6) is -1.18. The number of halogens is 1. The SMILES string of the molecule is CNCc1ccc(F)c(S(=O)(=O)N(C)CCS(C)(=O)=O)c1. The van der Waals surface area contributed by atoms with E-state index in [4.69, 9.17) is 0 Å². The predicted molar refractivity (Wildman–Crippen MR) is 78.7 cm³/mol. The van der Waals surface area contributed by atoms with Gasteiger partial charge in [0.1, 0.15) is 20.5 Å². The van der Waals surface area contributed by atoms with Gasteiger partial charge < -0.3 is 5.32 Å². The van der Waals surface area contributed by atoms with Gasteiger partial charge in [0.15, 0.2) is 0 Å². The number of hydrogen-bond acceptors (Lipinski definition) is 5. The quantitative estimate of drug-likeness (QED) is 0.768. The van der Waals surface area contributed by atoms with E-state index in [0.29, 0.717) is 12.1 Å². The summed E-state index contributed by atoms with van der Waals surface area (Å²) in [7, 11) is -4.45. The second-order valence-electron chi connectivity index (χ2n) is 4.75. The maximum absolute atomic E-state index is 13.8. The molecule has 0 aromatic heterocycles. The lowest BCUT2D eigenvalue weighted by atomic mass is 10.2. The van der Waals surface area contributed by atoms with Crippen molar-refractivity contribution in [2.75, 3.05) is 32.6 Å². The van der Waals surface area contributed by atoms with Crippen molar-refractivity contribution in [1.82, 2.24) is 9.62 Å². The Labute approximate surface area is 124 Å². The summed E-state index contributed by atoms with van der Waals surface area (Å²) in [5.41, 5.74) is 0.619. The van der Waals surface area contributed by atoms with E-state index in [9.17, 15) is 21.2 Å². The van der Waals surface area contributed by atoms with Crippen LogP contribution >= 0.6 is 0 Å². The van der Waals surface area contributed by atoms with Crippen LogP contribution in [-0.2, 0) is 26.4 Å². The standard InChI is InChI=1S/C12H19FN2O4S2/c1-14-9-10-4-5-11(13)12(8-10)21(18,19)15(2)6-7-20(3,16)17/h4-5,8,14H,6-7,9H2,1-3H3. The highest BCUT2D eigenvalue weighted by Crippen LogP contribution is 2.20. The van der Waals surface area contributed by atoms with Crippen molar-refractivity contribution in [3.05, 3.63) is 29.6 Å². The molecule has 1 N–H and O–H groups in total. The van der Waals surface area contributed by atoms with E-state index in [2.05, 4.69) is 5.32 Å². The number of nitrogens with zero attached hydrogens (tertiary/aromatic N) is 1. The van der Waals surface area contributed by atoms with Crippen LogP contribution in [0.3, 0.4) is 0 Å². The van der Waals surface area contributed by atoms with Gasteiger partial charge in [0.05, 0.1) is 5.75 Å². The predicted octanol–water partition coefficient (Wildman–Crippen LogP) is 0.210. The van der Waals surface area contributed by atoms with Crippen molar-refractivity contribution in [1.29, 1.82) is 0 Å². The molecule has 1 aromatic rings. The molecule has 0 atom stereocenters. The summed E-state index contributed by atoms with van der Waals surface area (Å²) in [6, 6.07) is 3.82. The zero-order valence-electron chi connectivity index (χ0n) is 12.1. The average Bonchev–Trinajstić information content (AvgIpc) is 2.37. The van der Waals surface area contributed by atoms with E-state index >= 15 is 0 Å². The van der Waals surface area contributed by atoms with Gasteiger partial charge in [-0.1, -0.05) is 6.07 Å². The van der Waals surface area contributed by atoms with E-state index in [1.165, 1.54) is 19.2 Å². The number of rotatable bonds is 7. The summed E-state index contributed by atoms with van der Waals surface area (Å²) in [5, 5.41) is 2.85. The molecule has 120 valence electrons. The van der Waals surface area contributed by atoms with Crippen LogP contribution in [0.1, 0.15) is 5.56 Å². The Balaban J connectivity index is 3.09. The third-order valence-electron chi connectivity index (χ3n) is 2.84. The molecule has 0 aliphatic carbocycles. The monoisotopic (exact) mass is 338 g/mol. The van der Waals surface area contributed by atoms with Crippen molar-refractivity contribution in [3.8, 4) is 0 Å². The third kappa shape index (κ3) is 5.03. The molecule has 0 radical (unpaired) electrons. The maximum atomic E-state index is 13.8. The molecule has 6 nitrogen and oxygen atoms in total. The highest BCUT2D eigenvalue weighted by Gasteiger charge is 2.25. The van der Waals surface area contributed by atoms with E-state index in [1.54, 1.807) is 7.05 Å². The van der Waals surface area contributed by atoms with Crippen molar-refractivity contribution in [2.45, 2.75) is 11.4 Å². The highest BCUT2D eigenvalue weighted by atomic mass is 32.2. The fraction of sp³-hybridized carbons (Fsp3) is 0.500. The Kier molecular flexibility index (Phi) is 5.85. The van der Waals surface area contributed by atoms with Crippen LogP contribution < -0.4 is 5.32 Å². The Bertz CT molecular complexity index is 702. The smallest absolute Gasteiger partial charge is 0.245 e. The highest BCUT2D eigenvalue weighted by molar-refractivity contribution is 7.91. The molecule has 1 rings (SSSR count). The first-order valence-electron chi connectivity index (χ1n) is 6.15. The minimum atomic E-state index is -4.07. The first kappa shape index (κ1) is 18.0. The van der Waals surface area contributed by atoms with Crippen LogP contribution in [0.2, 0.25) is 0 Å². The number of sulfonamides is 1. The molecular formula is C12H19FN2O4S2. The van der Waals surface area contributed by atoms with Gasteiger partial charge in [0.25, 0.3) is 0 Å². The summed E-state index contributed by atoms with van der Waals surface area (Å²) in [6.45, 7) is 0.173. The molecule has 0 spiro atoms. The summed E-state index contributed by atoms with van der Waals surface area (Å²) in [6.07, 6.45) is 1.02. The Morgan fingerprint density at radius 1 is 1.24 bits per heavy atom. The van der Waals surface area contributed by atoms with E-state index in [0.717, 1.165) is 16.6 Å². The first-order valence-corrected chi connectivity index (χ1v) is 9.65. The summed E-state index contributed by atoms with van der Waals surface area (Å²) >= 11 is 0. The molecule has 0 unspecified atom stereocenters. The van der Waals surface area contributed by atoms with Gasteiger partial charge in [0.2, 0.25) is 10.0 Å². The van der Waals surface area contributed by atoms with Gasteiger partial charge in [-0.05, 0) is 24.7 Å². The Morgan fingerprint density at radius 2 is 1.86 bits per heavy atom. The topological polar surface area (TPSA) is 83.6 Å². The fourth-order valence-electron chi connectivity index (χ4n) is 1.64. The number of benzene rings is 1. The lowest BCUT2D eigenvalue weighted by molar-refractivity contribution is 0.476. The zero-order valence-corrected chi connectivity index (χ0v) is 13.8. The minimum absolute atomic E-state index is 0.225. The molecule has 0 aliphatic rings. The molecule has 0 fully saturated rings.